The summed E-state index contributed by atoms with van der Waals surface area (Å²) in [7, 11) is 3.11. The number of aliphatic hydroxyl groups is 1. The lowest BCUT2D eigenvalue weighted by Gasteiger charge is -2.35. The van der Waals surface area contributed by atoms with Crippen molar-refractivity contribution in [3.8, 4) is 11.5 Å². The van der Waals surface area contributed by atoms with Crippen molar-refractivity contribution in [3.63, 3.8) is 0 Å². The number of nitrogens with two attached hydrogens (primary N) is 1. The zero-order chi connectivity index (χ0) is 18.3. The standard InChI is InChI=1S/C19H30N2O4/c1-24-14-6-7-17(25-2)15(10-14)16(22)12-21-18(23)11-19(13-20)8-4-3-5-9-19/h6-7,10,16,22H,3-5,8-9,11-13,20H2,1-2H3,(H,21,23). The highest BCUT2D eigenvalue weighted by molar-refractivity contribution is 5.76. The topological polar surface area (TPSA) is 93.8 Å². The molecular formula is C19H30N2O4. The van der Waals surface area contributed by atoms with Crippen molar-refractivity contribution in [1.29, 1.82) is 0 Å². The first-order valence-electron chi connectivity index (χ1n) is 8.90. The number of carbonyl (C=O) groups excluding carboxylic acids is 1. The summed E-state index contributed by atoms with van der Waals surface area (Å²) in [5.41, 5.74) is 6.45. The number of hydrogen-bond acceptors (Lipinski definition) is 5. The Kier molecular flexibility index (Phi) is 7.08. The Morgan fingerprint density at radius 1 is 1.28 bits per heavy atom. The number of ether oxygens (including phenoxy) is 2. The van der Waals surface area contributed by atoms with Crippen LogP contribution in [0, 0.1) is 5.41 Å². The maximum Gasteiger partial charge on any atom is 0.220 e. The van der Waals surface area contributed by atoms with Crippen molar-refractivity contribution in [2.75, 3.05) is 27.3 Å². The first-order chi connectivity index (χ1) is 12.0. The Hall–Kier alpha value is -1.79. The van der Waals surface area contributed by atoms with Gasteiger partial charge in [-0.2, -0.15) is 0 Å². The summed E-state index contributed by atoms with van der Waals surface area (Å²) in [5.74, 6) is 1.13. The number of nitrogens with one attached hydrogen (secondary N) is 1. The number of benzene rings is 1. The van der Waals surface area contributed by atoms with Crippen molar-refractivity contribution < 1.29 is 19.4 Å². The minimum atomic E-state index is -0.866. The minimum absolute atomic E-state index is 0.0618. The smallest absolute Gasteiger partial charge is 0.220 e. The van der Waals surface area contributed by atoms with Crippen LogP contribution in [0.2, 0.25) is 0 Å². The van der Waals surface area contributed by atoms with Crippen molar-refractivity contribution in [1.82, 2.24) is 5.32 Å². The molecule has 1 aromatic carbocycles. The van der Waals surface area contributed by atoms with Crippen molar-refractivity contribution in [2.45, 2.75) is 44.6 Å². The molecule has 140 valence electrons. The summed E-state index contributed by atoms with van der Waals surface area (Å²) in [6.07, 6.45) is 5.05. The Bertz CT molecular complexity index is 571. The van der Waals surface area contributed by atoms with Crippen LogP contribution in [0.25, 0.3) is 0 Å². The predicted octanol–water partition coefficient (Wildman–Crippen LogP) is 2.15. The highest BCUT2D eigenvalue weighted by Crippen LogP contribution is 2.38. The quantitative estimate of drug-likeness (QED) is 0.668. The van der Waals surface area contributed by atoms with Crippen LogP contribution in [0.3, 0.4) is 0 Å². The van der Waals surface area contributed by atoms with Crippen LogP contribution in [0.1, 0.15) is 50.2 Å². The molecule has 6 heteroatoms. The minimum Gasteiger partial charge on any atom is -0.497 e. The Morgan fingerprint density at radius 3 is 2.60 bits per heavy atom. The van der Waals surface area contributed by atoms with Gasteiger partial charge in [0.05, 0.1) is 20.3 Å². The molecular weight excluding hydrogens is 320 g/mol. The van der Waals surface area contributed by atoms with E-state index in [2.05, 4.69) is 5.32 Å². The van der Waals surface area contributed by atoms with E-state index >= 15 is 0 Å². The molecule has 1 fully saturated rings. The van der Waals surface area contributed by atoms with Crippen LogP contribution in [-0.4, -0.2) is 38.3 Å². The van der Waals surface area contributed by atoms with Gasteiger partial charge in [-0.05, 0) is 43.0 Å². The molecule has 0 aromatic heterocycles. The lowest BCUT2D eigenvalue weighted by atomic mass is 9.71. The van der Waals surface area contributed by atoms with Gasteiger partial charge in [-0.25, -0.2) is 0 Å². The molecule has 2 rings (SSSR count). The van der Waals surface area contributed by atoms with Gasteiger partial charge in [-0.1, -0.05) is 19.3 Å². The Balaban J connectivity index is 1.95. The highest BCUT2D eigenvalue weighted by atomic mass is 16.5. The number of rotatable bonds is 8. The molecule has 0 bridgehead atoms. The van der Waals surface area contributed by atoms with E-state index in [1.54, 1.807) is 32.4 Å². The van der Waals surface area contributed by atoms with E-state index < -0.39 is 6.10 Å². The fourth-order valence-electron chi connectivity index (χ4n) is 3.58. The summed E-state index contributed by atoms with van der Waals surface area (Å²) in [6, 6.07) is 5.23. The van der Waals surface area contributed by atoms with Crippen LogP contribution in [-0.2, 0) is 4.79 Å². The summed E-state index contributed by atoms with van der Waals surface area (Å²) in [6.45, 7) is 0.662. The second kappa shape index (κ2) is 9.06. The van der Waals surface area contributed by atoms with Crippen LogP contribution >= 0.6 is 0 Å². The molecule has 1 aromatic rings. The zero-order valence-corrected chi connectivity index (χ0v) is 15.2. The largest absolute Gasteiger partial charge is 0.497 e. The van der Waals surface area contributed by atoms with Gasteiger partial charge in [0, 0.05) is 18.5 Å². The van der Waals surface area contributed by atoms with Gasteiger partial charge in [0.15, 0.2) is 0 Å². The molecule has 1 aliphatic rings. The average Bonchev–Trinajstić information content (AvgIpc) is 2.66. The Labute approximate surface area is 149 Å². The van der Waals surface area contributed by atoms with E-state index in [0.717, 1.165) is 25.7 Å². The van der Waals surface area contributed by atoms with Crippen molar-refractivity contribution >= 4 is 5.91 Å². The van der Waals surface area contributed by atoms with Gasteiger partial charge >= 0.3 is 0 Å². The van der Waals surface area contributed by atoms with Crippen molar-refractivity contribution in [3.05, 3.63) is 23.8 Å². The maximum absolute atomic E-state index is 12.4. The maximum atomic E-state index is 12.4. The van der Waals surface area contributed by atoms with Gasteiger partial charge in [0.2, 0.25) is 5.91 Å². The van der Waals surface area contributed by atoms with Gasteiger partial charge in [0.25, 0.3) is 0 Å². The summed E-state index contributed by atoms with van der Waals surface area (Å²) < 4.78 is 10.5. The SMILES string of the molecule is COc1ccc(OC)c(C(O)CNC(=O)CC2(CN)CCCCC2)c1. The summed E-state index contributed by atoms with van der Waals surface area (Å²) >= 11 is 0. The summed E-state index contributed by atoms with van der Waals surface area (Å²) in [5, 5.41) is 13.3. The zero-order valence-electron chi connectivity index (χ0n) is 15.2. The van der Waals surface area contributed by atoms with E-state index in [1.807, 2.05) is 0 Å². The molecule has 0 aliphatic heterocycles. The predicted molar refractivity (Wildman–Crippen MR) is 96.7 cm³/mol. The van der Waals surface area contributed by atoms with Gasteiger partial charge < -0.3 is 25.6 Å². The molecule has 1 saturated carbocycles. The van der Waals surface area contributed by atoms with Crippen LogP contribution in [0.4, 0.5) is 0 Å². The number of amides is 1. The van der Waals surface area contributed by atoms with E-state index in [-0.39, 0.29) is 17.9 Å². The molecule has 0 radical (unpaired) electrons. The number of aliphatic hydroxyl groups excluding tert-OH is 1. The molecule has 1 aliphatic carbocycles. The normalized spacial score (nSPS) is 17.6. The first kappa shape index (κ1) is 19.5. The van der Waals surface area contributed by atoms with Crippen LogP contribution in [0.15, 0.2) is 18.2 Å². The van der Waals surface area contributed by atoms with E-state index in [0.29, 0.717) is 30.0 Å². The van der Waals surface area contributed by atoms with Gasteiger partial charge in [-0.15, -0.1) is 0 Å². The molecule has 0 heterocycles. The molecule has 0 spiro atoms. The van der Waals surface area contributed by atoms with E-state index in [1.165, 1.54) is 6.42 Å². The van der Waals surface area contributed by atoms with Gasteiger partial charge in [-0.3, -0.25) is 4.79 Å². The number of methoxy groups -OCH3 is 2. The lowest BCUT2D eigenvalue weighted by molar-refractivity contribution is -0.124. The first-order valence-corrected chi connectivity index (χ1v) is 8.90. The second-order valence-corrected chi connectivity index (χ2v) is 6.87. The molecule has 6 nitrogen and oxygen atoms in total. The monoisotopic (exact) mass is 350 g/mol. The van der Waals surface area contributed by atoms with E-state index in [9.17, 15) is 9.90 Å². The third kappa shape index (κ3) is 5.09. The molecule has 25 heavy (non-hydrogen) atoms. The fraction of sp³-hybridized carbons (Fsp3) is 0.632. The van der Waals surface area contributed by atoms with E-state index in [4.69, 9.17) is 15.2 Å². The molecule has 1 amide bonds. The fourth-order valence-corrected chi connectivity index (χ4v) is 3.58. The Morgan fingerprint density at radius 2 is 2.00 bits per heavy atom. The van der Waals surface area contributed by atoms with Crippen molar-refractivity contribution in [2.24, 2.45) is 11.1 Å². The molecule has 0 saturated heterocycles. The molecule has 4 N–H and O–H groups in total. The van der Waals surface area contributed by atoms with Gasteiger partial charge in [0.1, 0.15) is 11.5 Å². The summed E-state index contributed by atoms with van der Waals surface area (Å²) in [4.78, 5) is 12.4. The average molecular weight is 350 g/mol. The number of hydrogen-bond donors (Lipinski definition) is 3. The van der Waals surface area contributed by atoms with Crippen LogP contribution < -0.4 is 20.5 Å². The van der Waals surface area contributed by atoms with Crippen LogP contribution in [0.5, 0.6) is 11.5 Å². The third-order valence-corrected chi connectivity index (χ3v) is 5.17. The molecule has 1 atom stereocenters. The lowest BCUT2D eigenvalue weighted by Crippen LogP contribution is -2.39. The second-order valence-electron chi connectivity index (χ2n) is 6.87. The highest BCUT2D eigenvalue weighted by Gasteiger charge is 2.33. The number of carbonyl (C=O) groups is 1. The molecule has 1 unspecified atom stereocenters. The third-order valence-electron chi connectivity index (χ3n) is 5.17.